The van der Waals surface area contributed by atoms with Crippen molar-refractivity contribution in [2.75, 3.05) is 5.73 Å². The van der Waals surface area contributed by atoms with Crippen LogP contribution in [0, 0.1) is 0 Å². The lowest BCUT2D eigenvalue weighted by Crippen LogP contribution is -2.03. The van der Waals surface area contributed by atoms with Gasteiger partial charge in [0.25, 0.3) is 0 Å². The third-order valence-corrected chi connectivity index (χ3v) is 4.49. The van der Waals surface area contributed by atoms with Gasteiger partial charge in [-0.1, -0.05) is 72.8 Å². The first-order valence-corrected chi connectivity index (χ1v) is 9.04. The molecule has 0 amide bonds. The lowest BCUT2D eigenvalue weighted by Gasteiger charge is -2.14. The van der Waals surface area contributed by atoms with E-state index in [4.69, 9.17) is 10.5 Å². The number of benzene rings is 4. The predicted octanol–water partition coefficient (Wildman–Crippen LogP) is 5.96. The monoisotopic (exact) mass is 365 g/mol. The topological polar surface area (TPSA) is 52.3 Å². The SMILES string of the molecule is Nc1ccc(Oc2ccccc2-c2ccccc2C(=O)c2ccccc2)cc1. The third-order valence-electron chi connectivity index (χ3n) is 4.49. The van der Waals surface area contributed by atoms with Crippen molar-refractivity contribution >= 4 is 11.5 Å². The number of ketones is 1. The molecule has 0 aliphatic carbocycles. The van der Waals surface area contributed by atoms with Gasteiger partial charge in [0.2, 0.25) is 0 Å². The van der Waals surface area contributed by atoms with E-state index in [1.165, 1.54) is 0 Å². The molecule has 0 heterocycles. The van der Waals surface area contributed by atoms with Gasteiger partial charge in [-0.3, -0.25) is 4.79 Å². The highest BCUT2D eigenvalue weighted by Crippen LogP contribution is 2.36. The first-order valence-electron chi connectivity index (χ1n) is 9.04. The fourth-order valence-electron chi connectivity index (χ4n) is 3.10. The molecular formula is C25H19NO2. The van der Waals surface area contributed by atoms with E-state index >= 15 is 0 Å². The molecule has 0 unspecified atom stereocenters. The van der Waals surface area contributed by atoms with Crippen LogP contribution in [0.25, 0.3) is 11.1 Å². The molecule has 0 saturated heterocycles. The maximum absolute atomic E-state index is 13.1. The van der Waals surface area contributed by atoms with Crippen LogP contribution in [-0.2, 0) is 0 Å². The minimum absolute atomic E-state index is 0.0153. The van der Waals surface area contributed by atoms with E-state index in [1.54, 1.807) is 12.1 Å². The molecule has 136 valence electrons. The van der Waals surface area contributed by atoms with Crippen LogP contribution in [0.15, 0.2) is 103 Å². The first kappa shape index (κ1) is 17.6. The molecule has 0 aromatic heterocycles. The number of hydrogen-bond acceptors (Lipinski definition) is 3. The van der Waals surface area contributed by atoms with Gasteiger partial charge in [0.1, 0.15) is 11.5 Å². The van der Waals surface area contributed by atoms with Gasteiger partial charge in [0.15, 0.2) is 5.78 Å². The highest BCUT2D eigenvalue weighted by molar-refractivity contribution is 6.13. The Bertz CT molecular complexity index is 1100. The molecule has 3 heteroatoms. The summed E-state index contributed by atoms with van der Waals surface area (Å²) in [6, 6.07) is 31.9. The number of ether oxygens (including phenoxy) is 1. The Morgan fingerprint density at radius 1 is 0.643 bits per heavy atom. The van der Waals surface area contributed by atoms with E-state index in [1.807, 2.05) is 91.0 Å². The number of nitrogen functional groups attached to an aromatic ring is 1. The van der Waals surface area contributed by atoms with Crippen molar-refractivity contribution in [3.05, 3.63) is 114 Å². The molecule has 4 aromatic rings. The normalized spacial score (nSPS) is 10.4. The van der Waals surface area contributed by atoms with Crippen LogP contribution in [0.5, 0.6) is 11.5 Å². The van der Waals surface area contributed by atoms with Gasteiger partial charge in [-0.15, -0.1) is 0 Å². The predicted molar refractivity (Wildman–Crippen MR) is 113 cm³/mol. The molecule has 0 bridgehead atoms. The second-order valence-electron chi connectivity index (χ2n) is 6.41. The van der Waals surface area contributed by atoms with Crippen molar-refractivity contribution in [3.8, 4) is 22.6 Å². The van der Waals surface area contributed by atoms with Crippen molar-refractivity contribution in [3.63, 3.8) is 0 Å². The van der Waals surface area contributed by atoms with Crippen LogP contribution in [0.2, 0.25) is 0 Å². The molecule has 0 radical (unpaired) electrons. The molecule has 2 N–H and O–H groups in total. The summed E-state index contributed by atoms with van der Waals surface area (Å²) in [5, 5.41) is 0. The summed E-state index contributed by atoms with van der Waals surface area (Å²) in [6.07, 6.45) is 0. The summed E-state index contributed by atoms with van der Waals surface area (Å²) in [7, 11) is 0. The molecule has 0 saturated carbocycles. The summed E-state index contributed by atoms with van der Waals surface area (Å²) in [4.78, 5) is 13.1. The average Bonchev–Trinajstić information content (AvgIpc) is 2.76. The van der Waals surface area contributed by atoms with E-state index < -0.39 is 0 Å². The maximum atomic E-state index is 13.1. The molecule has 4 aromatic carbocycles. The molecule has 28 heavy (non-hydrogen) atoms. The molecule has 0 spiro atoms. The Hall–Kier alpha value is -3.85. The fourth-order valence-corrected chi connectivity index (χ4v) is 3.10. The van der Waals surface area contributed by atoms with Crippen molar-refractivity contribution in [1.29, 1.82) is 0 Å². The zero-order valence-electron chi connectivity index (χ0n) is 15.2. The summed E-state index contributed by atoms with van der Waals surface area (Å²) in [6.45, 7) is 0. The van der Waals surface area contributed by atoms with E-state index in [9.17, 15) is 4.79 Å². The van der Waals surface area contributed by atoms with Gasteiger partial charge >= 0.3 is 0 Å². The molecule has 3 nitrogen and oxygen atoms in total. The lowest BCUT2D eigenvalue weighted by molar-refractivity contribution is 0.103. The second kappa shape index (κ2) is 7.80. The van der Waals surface area contributed by atoms with Crippen molar-refractivity contribution in [2.45, 2.75) is 0 Å². The van der Waals surface area contributed by atoms with Crippen molar-refractivity contribution < 1.29 is 9.53 Å². The molecule has 0 aliphatic heterocycles. The van der Waals surface area contributed by atoms with Crippen molar-refractivity contribution in [2.24, 2.45) is 0 Å². The van der Waals surface area contributed by atoms with Gasteiger partial charge < -0.3 is 10.5 Å². The summed E-state index contributed by atoms with van der Waals surface area (Å²) < 4.78 is 6.09. The second-order valence-corrected chi connectivity index (χ2v) is 6.41. The molecular weight excluding hydrogens is 346 g/mol. The Balaban J connectivity index is 1.76. The summed E-state index contributed by atoms with van der Waals surface area (Å²) in [5.74, 6) is 1.35. The lowest BCUT2D eigenvalue weighted by atomic mass is 9.93. The quantitative estimate of drug-likeness (QED) is 0.351. The number of carbonyl (C=O) groups is 1. The number of anilines is 1. The number of hydrogen-bond donors (Lipinski definition) is 1. The highest BCUT2D eigenvalue weighted by atomic mass is 16.5. The van der Waals surface area contributed by atoms with Gasteiger partial charge in [0.05, 0.1) is 0 Å². The third kappa shape index (κ3) is 3.64. The number of rotatable bonds is 5. The molecule has 0 aliphatic rings. The first-order chi connectivity index (χ1) is 13.7. The Morgan fingerprint density at radius 2 is 1.25 bits per heavy atom. The Kier molecular flexibility index (Phi) is 4.89. The Morgan fingerprint density at radius 3 is 2.00 bits per heavy atom. The fraction of sp³-hybridized carbons (Fsp3) is 0. The smallest absolute Gasteiger partial charge is 0.193 e. The van der Waals surface area contributed by atoms with Crippen LogP contribution in [-0.4, -0.2) is 5.78 Å². The maximum Gasteiger partial charge on any atom is 0.193 e. The molecule has 4 rings (SSSR count). The Labute approximate surface area is 164 Å². The summed E-state index contributed by atoms with van der Waals surface area (Å²) in [5.41, 5.74) is 9.43. The van der Waals surface area contributed by atoms with Gasteiger partial charge in [-0.25, -0.2) is 0 Å². The summed E-state index contributed by atoms with van der Waals surface area (Å²) >= 11 is 0. The van der Waals surface area contributed by atoms with Crippen LogP contribution in [0.4, 0.5) is 5.69 Å². The van der Waals surface area contributed by atoms with E-state index in [0.717, 1.165) is 11.1 Å². The molecule has 0 atom stereocenters. The average molecular weight is 365 g/mol. The minimum atomic E-state index is -0.0153. The number of para-hydroxylation sites is 1. The van der Waals surface area contributed by atoms with Crippen LogP contribution in [0.3, 0.4) is 0 Å². The highest BCUT2D eigenvalue weighted by Gasteiger charge is 2.17. The van der Waals surface area contributed by atoms with Gasteiger partial charge in [0, 0.05) is 22.4 Å². The standard InChI is InChI=1S/C25H19NO2/c26-19-14-16-20(17-15-19)28-24-13-7-6-11-22(24)21-10-4-5-12-23(21)25(27)18-8-2-1-3-9-18/h1-17H,26H2. The van der Waals surface area contributed by atoms with Gasteiger partial charge in [-0.2, -0.15) is 0 Å². The van der Waals surface area contributed by atoms with Gasteiger partial charge in [-0.05, 0) is 35.9 Å². The van der Waals surface area contributed by atoms with E-state index in [2.05, 4.69) is 0 Å². The number of carbonyl (C=O) groups excluding carboxylic acids is 1. The zero-order valence-corrected chi connectivity index (χ0v) is 15.2. The molecule has 0 fully saturated rings. The largest absolute Gasteiger partial charge is 0.457 e. The number of nitrogens with two attached hydrogens (primary N) is 1. The van der Waals surface area contributed by atoms with Crippen molar-refractivity contribution in [1.82, 2.24) is 0 Å². The minimum Gasteiger partial charge on any atom is -0.457 e. The zero-order chi connectivity index (χ0) is 19.3. The van der Waals surface area contributed by atoms with E-state index in [-0.39, 0.29) is 5.78 Å². The van der Waals surface area contributed by atoms with E-state index in [0.29, 0.717) is 28.3 Å². The van der Waals surface area contributed by atoms with Crippen LogP contribution < -0.4 is 10.5 Å². The van der Waals surface area contributed by atoms with Crippen LogP contribution >= 0.6 is 0 Å². The van der Waals surface area contributed by atoms with Crippen LogP contribution in [0.1, 0.15) is 15.9 Å².